The van der Waals surface area contributed by atoms with Crippen LogP contribution in [0, 0.1) is 17.1 Å². The molecule has 6 heteroatoms. The van der Waals surface area contributed by atoms with E-state index in [2.05, 4.69) is 13.0 Å². The zero-order chi connectivity index (χ0) is 24.1. The quantitative estimate of drug-likeness (QED) is 0.148. The molecule has 2 aromatic carbocycles. The Hall–Kier alpha value is -2.88. The number of aliphatic hydroxyl groups is 2. The highest BCUT2D eigenvalue weighted by molar-refractivity contribution is 5.89. The summed E-state index contributed by atoms with van der Waals surface area (Å²) in [5, 5.41) is 30.0. The zero-order valence-corrected chi connectivity index (χ0v) is 19.5. The van der Waals surface area contributed by atoms with Crippen molar-refractivity contribution in [3.05, 3.63) is 59.4 Å². The van der Waals surface area contributed by atoms with Gasteiger partial charge >= 0.3 is 5.97 Å². The summed E-state index contributed by atoms with van der Waals surface area (Å²) in [6.07, 6.45) is 10.5. The van der Waals surface area contributed by atoms with Crippen LogP contribution < -0.4 is 9.47 Å². The third-order valence-electron chi connectivity index (χ3n) is 5.40. The summed E-state index contributed by atoms with van der Waals surface area (Å²) in [5.41, 5.74) is 1.61. The van der Waals surface area contributed by atoms with Crippen molar-refractivity contribution in [1.82, 2.24) is 0 Å². The van der Waals surface area contributed by atoms with E-state index in [9.17, 15) is 19.9 Å². The molecule has 5 nitrogen and oxygen atoms in total. The van der Waals surface area contributed by atoms with E-state index in [0.29, 0.717) is 28.9 Å². The number of hydrogen-bond acceptors (Lipinski definition) is 5. The molecular formula is C27H34FNO4. The average molecular weight is 456 g/mol. The fraction of sp³-hybridized carbons (Fsp3) is 0.444. The number of nitrogens with zero attached hydrogens (tertiary/aromatic N) is 1. The maximum absolute atomic E-state index is 13.2. The summed E-state index contributed by atoms with van der Waals surface area (Å²) in [6.45, 7) is 2.19. The Morgan fingerprint density at radius 2 is 1.61 bits per heavy atom. The predicted octanol–water partition coefficient (Wildman–Crippen LogP) is 6.45. The molecule has 0 fully saturated rings. The van der Waals surface area contributed by atoms with Gasteiger partial charge in [-0.25, -0.2) is 4.39 Å². The van der Waals surface area contributed by atoms with E-state index in [1.807, 2.05) is 0 Å². The average Bonchev–Trinajstić information content (AvgIpc) is 2.80. The second-order valence-electron chi connectivity index (χ2n) is 8.16. The Balaban J connectivity index is 1.98. The van der Waals surface area contributed by atoms with Gasteiger partial charge in [-0.3, -0.25) is 0 Å². The van der Waals surface area contributed by atoms with E-state index in [4.69, 9.17) is 9.47 Å². The van der Waals surface area contributed by atoms with Crippen LogP contribution in [-0.2, 0) is 0 Å². The van der Waals surface area contributed by atoms with Crippen LogP contribution in [0.2, 0.25) is 0 Å². The highest BCUT2D eigenvalue weighted by atomic mass is 19.1. The first-order valence-corrected chi connectivity index (χ1v) is 11.6. The molecule has 0 atom stereocenters. The number of ether oxygens (including phenoxy) is 2. The highest BCUT2D eigenvalue weighted by Gasteiger charge is 2.26. The van der Waals surface area contributed by atoms with Gasteiger partial charge in [0.15, 0.2) is 11.5 Å². The van der Waals surface area contributed by atoms with Crippen LogP contribution in [0.3, 0.4) is 0 Å². The molecule has 2 rings (SSSR count). The van der Waals surface area contributed by atoms with E-state index in [0.717, 1.165) is 19.3 Å². The minimum atomic E-state index is -2.29. The third-order valence-corrected chi connectivity index (χ3v) is 5.40. The number of allylic oxidation sites excluding steroid dienone is 1. The molecule has 0 saturated carbocycles. The van der Waals surface area contributed by atoms with Crippen LogP contribution in [0.25, 0.3) is 11.6 Å². The van der Waals surface area contributed by atoms with Crippen LogP contribution in [0.1, 0.15) is 75.8 Å². The van der Waals surface area contributed by atoms with Gasteiger partial charge < -0.3 is 19.7 Å². The largest absolute Gasteiger partial charge is 0.493 e. The Bertz CT molecular complexity index is 932. The predicted molar refractivity (Wildman–Crippen MR) is 128 cm³/mol. The molecule has 2 N–H and O–H groups in total. The van der Waals surface area contributed by atoms with Gasteiger partial charge in [-0.05, 0) is 47.9 Å². The molecule has 0 saturated heterocycles. The number of benzene rings is 2. The number of methoxy groups -OCH3 is 1. The Kier molecular flexibility index (Phi) is 10.9. The third kappa shape index (κ3) is 9.25. The van der Waals surface area contributed by atoms with Gasteiger partial charge in [-0.15, -0.1) is 0 Å². The normalized spacial score (nSPS) is 11.8. The molecule has 0 aliphatic carbocycles. The molecule has 0 unspecified atom stereocenters. The van der Waals surface area contributed by atoms with Crippen LogP contribution in [0.5, 0.6) is 11.5 Å². The SMILES string of the molecule is CCCCCCCCCCC(O)(O)Oc1ccc(/C=C(\C#N)c2ccc(F)cc2)cc1OC. The van der Waals surface area contributed by atoms with Crippen molar-refractivity contribution < 1.29 is 24.1 Å². The lowest BCUT2D eigenvalue weighted by atomic mass is 10.0. The summed E-state index contributed by atoms with van der Waals surface area (Å²) in [5.74, 6) is -2.16. The highest BCUT2D eigenvalue weighted by Crippen LogP contribution is 2.32. The van der Waals surface area contributed by atoms with Crippen molar-refractivity contribution in [2.45, 2.75) is 70.7 Å². The van der Waals surface area contributed by atoms with Gasteiger partial charge in [-0.1, -0.05) is 70.1 Å². The van der Waals surface area contributed by atoms with Crippen LogP contribution in [0.4, 0.5) is 4.39 Å². The van der Waals surface area contributed by atoms with E-state index in [1.165, 1.54) is 57.1 Å². The summed E-state index contributed by atoms with van der Waals surface area (Å²) in [4.78, 5) is 0. The standard InChI is InChI=1S/C27H34FNO4/c1-3-4-5-6-7-8-9-10-17-27(30,31)33-25-16-11-21(19-26(25)32-2)18-23(20-29)22-12-14-24(28)15-13-22/h11-16,18-19,30-31H,3-10,17H2,1-2H3/b23-18+. The molecule has 178 valence electrons. The topological polar surface area (TPSA) is 82.7 Å². The summed E-state index contributed by atoms with van der Waals surface area (Å²) < 4.78 is 23.9. The lowest BCUT2D eigenvalue weighted by molar-refractivity contribution is -0.296. The fourth-order valence-corrected chi connectivity index (χ4v) is 3.55. The van der Waals surface area contributed by atoms with Gasteiger partial charge in [0.1, 0.15) is 5.82 Å². The number of nitriles is 1. The maximum atomic E-state index is 13.2. The number of hydrogen-bond donors (Lipinski definition) is 2. The van der Waals surface area contributed by atoms with E-state index < -0.39 is 5.97 Å². The first-order chi connectivity index (χ1) is 15.9. The molecular weight excluding hydrogens is 421 g/mol. The molecule has 0 radical (unpaired) electrons. The lowest BCUT2D eigenvalue weighted by Crippen LogP contribution is -2.35. The minimum Gasteiger partial charge on any atom is -0.493 e. The molecule has 0 aliphatic heterocycles. The zero-order valence-electron chi connectivity index (χ0n) is 19.5. The van der Waals surface area contributed by atoms with Crippen LogP contribution in [-0.4, -0.2) is 23.3 Å². The molecule has 0 heterocycles. The smallest absolute Gasteiger partial charge is 0.321 e. The molecule has 0 spiro atoms. The Morgan fingerprint density at radius 1 is 0.970 bits per heavy atom. The molecule has 33 heavy (non-hydrogen) atoms. The number of halogens is 1. The number of rotatable bonds is 14. The van der Waals surface area contributed by atoms with Crippen LogP contribution >= 0.6 is 0 Å². The fourth-order valence-electron chi connectivity index (χ4n) is 3.55. The van der Waals surface area contributed by atoms with Gasteiger partial charge in [0.2, 0.25) is 0 Å². The van der Waals surface area contributed by atoms with Crippen molar-refractivity contribution >= 4 is 11.6 Å². The first-order valence-electron chi connectivity index (χ1n) is 11.6. The lowest BCUT2D eigenvalue weighted by Gasteiger charge is -2.24. The summed E-state index contributed by atoms with van der Waals surface area (Å²) >= 11 is 0. The van der Waals surface area contributed by atoms with Gasteiger partial charge in [0.25, 0.3) is 0 Å². The number of unbranched alkanes of at least 4 members (excludes halogenated alkanes) is 7. The van der Waals surface area contributed by atoms with Crippen molar-refractivity contribution in [1.29, 1.82) is 5.26 Å². The molecule has 0 aliphatic rings. The van der Waals surface area contributed by atoms with Crippen LogP contribution in [0.15, 0.2) is 42.5 Å². The molecule has 0 amide bonds. The summed E-state index contributed by atoms with van der Waals surface area (Å²) in [7, 11) is 1.45. The van der Waals surface area contributed by atoms with Crippen molar-refractivity contribution in [3.63, 3.8) is 0 Å². The second-order valence-corrected chi connectivity index (χ2v) is 8.16. The van der Waals surface area contributed by atoms with Crippen molar-refractivity contribution in [3.8, 4) is 17.6 Å². The van der Waals surface area contributed by atoms with Gasteiger partial charge in [0.05, 0.1) is 18.8 Å². The molecule has 0 bridgehead atoms. The van der Waals surface area contributed by atoms with E-state index in [-0.39, 0.29) is 18.0 Å². The van der Waals surface area contributed by atoms with Crippen molar-refractivity contribution in [2.75, 3.05) is 7.11 Å². The van der Waals surface area contributed by atoms with Gasteiger partial charge in [-0.2, -0.15) is 5.26 Å². The van der Waals surface area contributed by atoms with E-state index >= 15 is 0 Å². The van der Waals surface area contributed by atoms with Crippen molar-refractivity contribution in [2.24, 2.45) is 0 Å². The minimum absolute atomic E-state index is 0.0932. The van der Waals surface area contributed by atoms with Gasteiger partial charge in [0, 0.05) is 6.42 Å². The summed E-state index contributed by atoms with van der Waals surface area (Å²) in [6, 6.07) is 12.7. The Labute approximate surface area is 196 Å². The molecule has 2 aromatic rings. The Morgan fingerprint density at radius 3 is 2.21 bits per heavy atom. The molecule has 0 aromatic heterocycles. The maximum Gasteiger partial charge on any atom is 0.321 e. The van der Waals surface area contributed by atoms with E-state index in [1.54, 1.807) is 24.3 Å². The first kappa shape index (κ1) is 26.4. The second kappa shape index (κ2) is 13.6. The monoisotopic (exact) mass is 455 g/mol.